The summed E-state index contributed by atoms with van der Waals surface area (Å²) in [6.45, 7) is 4.16. The van der Waals surface area contributed by atoms with E-state index in [1.54, 1.807) is 7.11 Å². The minimum atomic E-state index is -0.567. The molecule has 2 rings (SSSR count). The van der Waals surface area contributed by atoms with Crippen LogP contribution < -0.4 is 11.1 Å². The van der Waals surface area contributed by atoms with Gasteiger partial charge in [-0.1, -0.05) is 30.3 Å². The molecule has 5 nitrogen and oxygen atoms in total. The van der Waals surface area contributed by atoms with E-state index >= 15 is 0 Å². The summed E-state index contributed by atoms with van der Waals surface area (Å²) in [5.41, 5.74) is 7.07. The van der Waals surface area contributed by atoms with Crippen molar-refractivity contribution in [1.29, 1.82) is 0 Å². The molecular weight excluding hydrogens is 278 g/mol. The van der Waals surface area contributed by atoms with Gasteiger partial charge in [0.2, 0.25) is 5.91 Å². The predicted octanol–water partition coefficient (Wildman–Crippen LogP) is 0.989. The zero-order chi connectivity index (χ0) is 15.8. The van der Waals surface area contributed by atoms with Gasteiger partial charge >= 0.3 is 0 Å². The maximum Gasteiger partial charge on any atom is 0.239 e. The molecule has 0 aliphatic carbocycles. The molecule has 0 spiro atoms. The molecule has 1 aliphatic rings. The van der Waals surface area contributed by atoms with Gasteiger partial charge in [0.25, 0.3) is 0 Å². The van der Waals surface area contributed by atoms with E-state index in [1.165, 1.54) is 5.56 Å². The lowest BCUT2D eigenvalue weighted by molar-refractivity contribution is -0.123. The molecule has 1 heterocycles. The molecule has 1 fully saturated rings. The SMILES string of the molecule is COCC(N)C(=O)NCC1CCN(Cc2ccccc2)CC1. The molecule has 1 unspecified atom stereocenters. The molecule has 1 aromatic rings. The average molecular weight is 305 g/mol. The van der Waals surface area contributed by atoms with Crippen molar-refractivity contribution in [1.82, 2.24) is 10.2 Å². The molecule has 1 aliphatic heterocycles. The molecule has 3 N–H and O–H groups in total. The normalized spacial score (nSPS) is 18.1. The van der Waals surface area contributed by atoms with Gasteiger partial charge in [0.05, 0.1) is 6.61 Å². The average Bonchev–Trinajstić information content (AvgIpc) is 2.55. The van der Waals surface area contributed by atoms with Crippen LogP contribution in [0.25, 0.3) is 0 Å². The fourth-order valence-electron chi connectivity index (χ4n) is 2.82. The molecule has 0 aromatic heterocycles. The number of likely N-dealkylation sites (tertiary alicyclic amines) is 1. The Morgan fingerprint density at radius 2 is 2.05 bits per heavy atom. The summed E-state index contributed by atoms with van der Waals surface area (Å²) in [7, 11) is 1.55. The van der Waals surface area contributed by atoms with Gasteiger partial charge in [0.1, 0.15) is 6.04 Å². The zero-order valence-corrected chi connectivity index (χ0v) is 13.3. The van der Waals surface area contributed by atoms with Crippen LogP contribution in [0.4, 0.5) is 0 Å². The summed E-state index contributed by atoms with van der Waals surface area (Å²) < 4.78 is 4.89. The highest BCUT2D eigenvalue weighted by molar-refractivity contribution is 5.81. The molecule has 1 atom stereocenters. The molecule has 1 amide bonds. The molecule has 1 aromatic carbocycles. The Kier molecular flexibility index (Phi) is 6.83. The molecule has 0 saturated carbocycles. The monoisotopic (exact) mass is 305 g/mol. The number of piperidine rings is 1. The summed E-state index contributed by atoms with van der Waals surface area (Å²) >= 11 is 0. The van der Waals surface area contributed by atoms with Crippen molar-refractivity contribution in [2.75, 3.05) is 33.4 Å². The van der Waals surface area contributed by atoms with Crippen LogP contribution in [0.15, 0.2) is 30.3 Å². The van der Waals surface area contributed by atoms with Gasteiger partial charge in [-0.25, -0.2) is 0 Å². The number of nitrogens with zero attached hydrogens (tertiary/aromatic N) is 1. The third-order valence-electron chi connectivity index (χ3n) is 4.20. The lowest BCUT2D eigenvalue weighted by atomic mass is 9.96. The van der Waals surface area contributed by atoms with Crippen LogP contribution in [0.3, 0.4) is 0 Å². The van der Waals surface area contributed by atoms with Crippen LogP contribution in [0.2, 0.25) is 0 Å². The highest BCUT2D eigenvalue weighted by Crippen LogP contribution is 2.18. The van der Waals surface area contributed by atoms with E-state index in [1.807, 2.05) is 6.07 Å². The topological polar surface area (TPSA) is 67.6 Å². The van der Waals surface area contributed by atoms with Gasteiger partial charge in [0.15, 0.2) is 0 Å². The summed E-state index contributed by atoms with van der Waals surface area (Å²) in [5, 5.41) is 2.94. The molecule has 1 saturated heterocycles. The van der Waals surface area contributed by atoms with Crippen molar-refractivity contribution in [3.05, 3.63) is 35.9 Å². The number of hydrogen-bond donors (Lipinski definition) is 2. The van der Waals surface area contributed by atoms with Crippen molar-refractivity contribution in [3.63, 3.8) is 0 Å². The van der Waals surface area contributed by atoms with Gasteiger partial charge in [-0.05, 0) is 37.4 Å². The maximum absolute atomic E-state index is 11.8. The number of methoxy groups -OCH3 is 1. The van der Waals surface area contributed by atoms with E-state index in [0.717, 1.165) is 39.0 Å². The molecule has 22 heavy (non-hydrogen) atoms. The van der Waals surface area contributed by atoms with Crippen LogP contribution in [0.5, 0.6) is 0 Å². The van der Waals surface area contributed by atoms with Crippen molar-refractivity contribution in [2.24, 2.45) is 11.7 Å². The van der Waals surface area contributed by atoms with Crippen LogP contribution in [0, 0.1) is 5.92 Å². The number of benzene rings is 1. The Morgan fingerprint density at radius 1 is 1.36 bits per heavy atom. The standard InChI is InChI=1S/C17H27N3O2/c1-22-13-16(18)17(21)19-11-14-7-9-20(10-8-14)12-15-5-3-2-4-6-15/h2-6,14,16H,7-13,18H2,1H3,(H,19,21). The molecule has 0 bridgehead atoms. The minimum Gasteiger partial charge on any atom is -0.383 e. The quantitative estimate of drug-likeness (QED) is 0.788. The largest absolute Gasteiger partial charge is 0.383 e. The first-order valence-corrected chi connectivity index (χ1v) is 7.97. The fourth-order valence-corrected chi connectivity index (χ4v) is 2.82. The van der Waals surface area contributed by atoms with Gasteiger partial charge in [-0.15, -0.1) is 0 Å². The van der Waals surface area contributed by atoms with E-state index in [0.29, 0.717) is 5.92 Å². The zero-order valence-electron chi connectivity index (χ0n) is 13.3. The van der Waals surface area contributed by atoms with E-state index in [2.05, 4.69) is 34.5 Å². The number of carbonyl (C=O) groups is 1. The highest BCUT2D eigenvalue weighted by Gasteiger charge is 2.21. The number of amides is 1. The smallest absolute Gasteiger partial charge is 0.239 e. The van der Waals surface area contributed by atoms with Crippen molar-refractivity contribution in [3.8, 4) is 0 Å². The Balaban J connectivity index is 1.66. The lowest BCUT2D eigenvalue weighted by Crippen LogP contribution is -2.46. The van der Waals surface area contributed by atoms with Gasteiger partial charge in [-0.2, -0.15) is 0 Å². The Hall–Kier alpha value is -1.43. The number of ether oxygens (including phenoxy) is 1. The maximum atomic E-state index is 11.8. The van der Waals surface area contributed by atoms with Gasteiger partial charge in [-0.3, -0.25) is 9.69 Å². The summed E-state index contributed by atoms with van der Waals surface area (Å²) in [6.07, 6.45) is 2.24. The lowest BCUT2D eigenvalue weighted by Gasteiger charge is -2.32. The minimum absolute atomic E-state index is 0.117. The first kappa shape index (κ1) is 16.9. The Labute approximate surface area is 132 Å². The van der Waals surface area contributed by atoms with Crippen LogP contribution in [-0.4, -0.2) is 50.2 Å². The van der Waals surface area contributed by atoms with E-state index in [-0.39, 0.29) is 12.5 Å². The second kappa shape index (κ2) is 8.88. The summed E-state index contributed by atoms with van der Waals surface area (Å²) in [5.74, 6) is 0.430. The molecule has 122 valence electrons. The number of carbonyl (C=O) groups excluding carboxylic acids is 1. The summed E-state index contributed by atoms with van der Waals surface area (Å²) in [6, 6.07) is 9.99. The van der Waals surface area contributed by atoms with Crippen LogP contribution >= 0.6 is 0 Å². The number of nitrogens with two attached hydrogens (primary N) is 1. The fraction of sp³-hybridized carbons (Fsp3) is 0.588. The van der Waals surface area contributed by atoms with Crippen molar-refractivity contribution in [2.45, 2.75) is 25.4 Å². The van der Waals surface area contributed by atoms with Crippen molar-refractivity contribution >= 4 is 5.91 Å². The van der Waals surface area contributed by atoms with Crippen LogP contribution in [0.1, 0.15) is 18.4 Å². The first-order chi connectivity index (χ1) is 10.7. The third kappa shape index (κ3) is 5.40. The first-order valence-electron chi connectivity index (χ1n) is 7.97. The third-order valence-corrected chi connectivity index (χ3v) is 4.20. The predicted molar refractivity (Wildman–Crippen MR) is 87.3 cm³/mol. The second-order valence-electron chi connectivity index (χ2n) is 6.01. The Morgan fingerprint density at radius 3 is 2.68 bits per heavy atom. The number of hydrogen-bond acceptors (Lipinski definition) is 4. The Bertz CT molecular complexity index is 444. The highest BCUT2D eigenvalue weighted by atomic mass is 16.5. The van der Waals surface area contributed by atoms with Gasteiger partial charge < -0.3 is 15.8 Å². The molecule has 5 heteroatoms. The van der Waals surface area contributed by atoms with E-state index in [9.17, 15) is 4.79 Å². The van der Waals surface area contributed by atoms with Crippen LogP contribution in [-0.2, 0) is 16.1 Å². The summed E-state index contributed by atoms with van der Waals surface area (Å²) in [4.78, 5) is 14.2. The second-order valence-corrected chi connectivity index (χ2v) is 6.01. The number of nitrogens with one attached hydrogen (secondary N) is 1. The van der Waals surface area contributed by atoms with E-state index in [4.69, 9.17) is 10.5 Å². The van der Waals surface area contributed by atoms with Crippen molar-refractivity contribution < 1.29 is 9.53 Å². The molecule has 0 radical (unpaired) electrons. The van der Waals surface area contributed by atoms with E-state index < -0.39 is 6.04 Å². The number of rotatable bonds is 7. The van der Waals surface area contributed by atoms with Gasteiger partial charge in [0, 0.05) is 20.2 Å². The molecular formula is C17H27N3O2.